The van der Waals surface area contributed by atoms with Crippen molar-refractivity contribution < 1.29 is 9.15 Å². The average Bonchev–Trinajstić information content (AvgIpc) is 2.96. The molecule has 0 fully saturated rings. The van der Waals surface area contributed by atoms with Crippen molar-refractivity contribution in [2.75, 3.05) is 20.8 Å². The third-order valence-electron chi connectivity index (χ3n) is 3.51. The summed E-state index contributed by atoms with van der Waals surface area (Å²) >= 11 is 0. The molecule has 3 heteroatoms. The molecule has 1 aromatic carbocycles. The maximum Gasteiger partial charge on any atom is 0.125 e. The Hall–Kier alpha value is -1.58. The van der Waals surface area contributed by atoms with Crippen LogP contribution in [0.5, 0.6) is 0 Å². The second-order valence-electron chi connectivity index (χ2n) is 4.86. The smallest absolute Gasteiger partial charge is 0.125 e. The Balaban J connectivity index is 2.14. The molecular weight excluding hydrogens is 250 g/mol. The first-order valence-electron chi connectivity index (χ1n) is 7.12. The highest BCUT2D eigenvalue weighted by Crippen LogP contribution is 2.24. The molecule has 0 saturated heterocycles. The van der Waals surface area contributed by atoms with Crippen molar-refractivity contribution >= 4 is 0 Å². The fourth-order valence-corrected chi connectivity index (χ4v) is 2.31. The van der Waals surface area contributed by atoms with Gasteiger partial charge in [-0.3, -0.25) is 0 Å². The minimum absolute atomic E-state index is 0.103. The van der Waals surface area contributed by atoms with Crippen molar-refractivity contribution in [3.8, 4) is 0 Å². The van der Waals surface area contributed by atoms with Crippen LogP contribution < -0.4 is 5.32 Å². The van der Waals surface area contributed by atoms with Gasteiger partial charge in [-0.25, -0.2) is 0 Å². The zero-order chi connectivity index (χ0) is 14.4. The first kappa shape index (κ1) is 14.8. The second kappa shape index (κ2) is 7.27. The molecule has 20 heavy (non-hydrogen) atoms. The molecule has 3 nitrogen and oxygen atoms in total. The van der Waals surface area contributed by atoms with Crippen LogP contribution in [0.3, 0.4) is 0 Å². The highest BCUT2D eigenvalue weighted by Gasteiger charge is 2.15. The van der Waals surface area contributed by atoms with Crippen LogP contribution in [-0.4, -0.2) is 20.8 Å². The number of hydrogen-bond acceptors (Lipinski definition) is 3. The lowest BCUT2D eigenvalue weighted by Crippen LogP contribution is -2.17. The average molecular weight is 273 g/mol. The number of benzene rings is 1. The zero-order valence-electron chi connectivity index (χ0n) is 12.5. The molecule has 1 N–H and O–H groups in total. The van der Waals surface area contributed by atoms with Crippen molar-refractivity contribution in [3.05, 3.63) is 59.0 Å². The van der Waals surface area contributed by atoms with Gasteiger partial charge in [-0.1, -0.05) is 31.2 Å². The molecule has 2 aromatic rings. The number of hydrogen-bond donors (Lipinski definition) is 1. The largest absolute Gasteiger partial charge is 0.464 e. The van der Waals surface area contributed by atoms with E-state index in [0.717, 1.165) is 31.0 Å². The van der Waals surface area contributed by atoms with Crippen LogP contribution in [0.25, 0.3) is 0 Å². The van der Waals surface area contributed by atoms with Gasteiger partial charge < -0.3 is 14.5 Å². The van der Waals surface area contributed by atoms with Crippen molar-refractivity contribution in [1.29, 1.82) is 0 Å². The Bertz CT molecular complexity index is 516. The first-order valence-corrected chi connectivity index (χ1v) is 7.12. The molecule has 2 rings (SSSR count). The summed E-state index contributed by atoms with van der Waals surface area (Å²) in [6.07, 6.45) is 1.87. The van der Waals surface area contributed by atoms with Crippen LogP contribution in [0, 0.1) is 0 Å². The molecule has 0 saturated carbocycles. The van der Waals surface area contributed by atoms with E-state index >= 15 is 0 Å². The van der Waals surface area contributed by atoms with Crippen LogP contribution in [0.4, 0.5) is 0 Å². The van der Waals surface area contributed by atoms with Gasteiger partial charge in [-0.2, -0.15) is 0 Å². The fraction of sp³-hybridized carbons (Fsp3) is 0.412. The second-order valence-corrected chi connectivity index (χ2v) is 4.86. The number of nitrogens with one attached hydrogen (secondary N) is 1. The van der Waals surface area contributed by atoms with Gasteiger partial charge in [0.25, 0.3) is 0 Å². The molecule has 0 radical (unpaired) electrons. The van der Waals surface area contributed by atoms with E-state index in [9.17, 15) is 0 Å². The standard InChI is InChI=1S/C17H23NO2/c1-4-15-9-10-16(20-15)17(18-2)14-7-5-13(6-8-14)11-12-19-3/h5-10,17-18H,4,11-12H2,1-3H3. The van der Waals surface area contributed by atoms with Crippen molar-refractivity contribution in [1.82, 2.24) is 5.32 Å². The Labute approximate surface area is 121 Å². The summed E-state index contributed by atoms with van der Waals surface area (Å²) < 4.78 is 11.0. The Morgan fingerprint density at radius 1 is 1.15 bits per heavy atom. The van der Waals surface area contributed by atoms with Crippen LogP contribution in [0.1, 0.15) is 35.6 Å². The van der Waals surface area contributed by atoms with Crippen LogP contribution >= 0.6 is 0 Å². The Kier molecular flexibility index (Phi) is 5.39. The van der Waals surface area contributed by atoms with Gasteiger partial charge in [0.05, 0.1) is 12.6 Å². The monoisotopic (exact) mass is 273 g/mol. The SMILES string of the molecule is CCc1ccc(C(NC)c2ccc(CCOC)cc2)o1. The number of methoxy groups -OCH3 is 1. The summed E-state index contributed by atoms with van der Waals surface area (Å²) in [5.41, 5.74) is 2.50. The topological polar surface area (TPSA) is 34.4 Å². The van der Waals surface area contributed by atoms with Gasteiger partial charge in [0.1, 0.15) is 11.5 Å². The van der Waals surface area contributed by atoms with Crippen molar-refractivity contribution in [2.24, 2.45) is 0 Å². The molecule has 0 aliphatic heterocycles. The predicted molar refractivity (Wildman–Crippen MR) is 81.0 cm³/mol. The van der Waals surface area contributed by atoms with Crippen molar-refractivity contribution in [2.45, 2.75) is 25.8 Å². The lowest BCUT2D eigenvalue weighted by atomic mass is 10.0. The number of aryl methyl sites for hydroxylation is 1. The highest BCUT2D eigenvalue weighted by atomic mass is 16.5. The molecule has 1 unspecified atom stereocenters. The molecule has 1 aromatic heterocycles. The van der Waals surface area contributed by atoms with E-state index in [-0.39, 0.29) is 6.04 Å². The number of ether oxygens (including phenoxy) is 1. The lowest BCUT2D eigenvalue weighted by molar-refractivity contribution is 0.202. The van der Waals surface area contributed by atoms with Crippen LogP contribution in [0.2, 0.25) is 0 Å². The van der Waals surface area contributed by atoms with E-state index in [1.807, 2.05) is 13.1 Å². The van der Waals surface area contributed by atoms with E-state index in [4.69, 9.17) is 9.15 Å². The Morgan fingerprint density at radius 2 is 1.90 bits per heavy atom. The third-order valence-corrected chi connectivity index (χ3v) is 3.51. The van der Waals surface area contributed by atoms with Crippen LogP contribution in [-0.2, 0) is 17.6 Å². The molecule has 0 amide bonds. The van der Waals surface area contributed by atoms with Gasteiger partial charge in [0.15, 0.2) is 0 Å². The number of furan rings is 1. The summed E-state index contributed by atoms with van der Waals surface area (Å²) in [7, 11) is 3.69. The molecule has 0 spiro atoms. The first-order chi connectivity index (χ1) is 9.78. The molecule has 108 valence electrons. The summed E-state index contributed by atoms with van der Waals surface area (Å²) in [6.45, 7) is 2.86. The van der Waals surface area contributed by atoms with Gasteiger partial charge in [0.2, 0.25) is 0 Å². The molecule has 0 bridgehead atoms. The van der Waals surface area contributed by atoms with Gasteiger partial charge in [-0.05, 0) is 36.7 Å². The summed E-state index contributed by atoms with van der Waals surface area (Å²) in [5, 5.41) is 3.32. The van der Waals surface area contributed by atoms with E-state index in [1.165, 1.54) is 11.1 Å². The maximum atomic E-state index is 5.85. The van der Waals surface area contributed by atoms with Gasteiger partial charge >= 0.3 is 0 Å². The van der Waals surface area contributed by atoms with Crippen molar-refractivity contribution in [3.63, 3.8) is 0 Å². The summed E-state index contributed by atoms with van der Waals surface area (Å²) in [5.74, 6) is 1.99. The summed E-state index contributed by atoms with van der Waals surface area (Å²) in [4.78, 5) is 0. The number of rotatable bonds is 7. The van der Waals surface area contributed by atoms with E-state index in [0.29, 0.717) is 0 Å². The van der Waals surface area contributed by atoms with E-state index in [2.05, 4.69) is 42.6 Å². The fourth-order valence-electron chi connectivity index (χ4n) is 2.31. The molecular formula is C17H23NO2. The minimum Gasteiger partial charge on any atom is -0.464 e. The quantitative estimate of drug-likeness (QED) is 0.840. The Morgan fingerprint density at radius 3 is 2.45 bits per heavy atom. The zero-order valence-corrected chi connectivity index (χ0v) is 12.5. The lowest BCUT2D eigenvalue weighted by Gasteiger charge is -2.14. The van der Waals surface area contributed by atoms with E-state index in [1.54, 1.807) is 7.11 Å². The predicted octanol–water partition coefficient (Wildman–Crippen LogP) is 3.34. The normalized spacial score (nSPS) is 12.6. The highest BCUT2D eigenvalue weighted by molar-refractivity contribution is 5.30. The molecule has 0 aliphatic carbocycles. The van der Waals surface area contributed by atoms with Crippen LogP contribution in [0.15, 0.2) is 40.8 Å². The van der Waals surface area contributed by atoms with Gasteiger partial charge in [0, 0.05) is 13.5 Å². The molecule has 0 aliphatic rings. The van der Waals surface area contributed by atoms with Gasteiger partial charge in [-0.15, -0.1) is 0 Å². The minimum atomic E-state index is 0.103. The molecule has 1 atom stereocenters. The third kappa shape index (κ3) is 3.50. The summed E-state index contributed by atoms with van der Waals surface area (Å²) in [6, 6.07) is 12.8. The maximum absolute atomic E-state index is 5.85. The molecule has 1 heterocycles. The van der Waals surface area contributed by atoms with E-state index < -0.39 is 0 Å².